The third-order valence-electron chi connectivity index (χ3n) is 2.44. The molecule has 1 atom stereocenters. The summed E-state index contributed by atoms with van der Waals surface area (Å²) in [5.74, 6) is 0.0531. The van der Waals surface area contributed by atoms with Crippen LogP contribution in [0, 0.1) is 23.1 Å². The number of hydrogen-bond donors (Lipinski definition) is 1. The van der Waals surface area contributed by atoms with E-state index in [0.717, 1.165) is 6.54 Å². The first kappa shape index (κ1) is 13.6. The number of benzene rings is 1. The minimum absolute atomic E-state index is 0.337. The Morgan fingerprint density at radius 2 is 2.29 bits per heavy atom. The van der Waals surface area contributed by atoms with Crippen molar-refractivity contribution in [2.45, 2.75) is 13.5 Å². The molecule has 0 saturated carbocycles. The fourth-order valence-corrected chi connectivity index (χ4v) is 1.56. The van der Waals surface area contributed by atoms with E-state index >= 15 is 0 Å². The largest absolute Gasteiger partial charge is 0.384 e. The summed E-state index contributed by atoms with van der Waals surface area (Å²) in [7, 11) is 1.66. The van der Waals surface area contributed by atoms with Gasteiger partial charge in [-0.05, 0) is 18.1 Å². The van der Waals surface area contributed by atoms with Crippen molar-refractivity contribution in [2.24, 2.45) is 5.92 Å². The topological polar surface area (TPSA) is 45.0 Å². The molecule has 0 aromatic heterocycles. The van der Waals surface area contributed by atoms with E-state index in [9.17, 15) is 4.39 Å². The Bertz CT molecular complexity index is 401. The highest BCUT2D eigenvalue weighted by molar-refractivity contribution is 5.32. The predicted octanol–water partition coefficient (Wildman–Crippen LogP) is 2.07. The molecule has 1 aromatic carbocycles. The Morgan fingerprint density at radius 3 is 2.88 bits per heavy atom. The van der Waals surface area contributed by atoms with Crippen molar-refractivity contribution >= 4 is 0 Å². The van der Waals surface area contributed by atoms with Crippen LogP contribution in [0.15, 0.2) is 18.2 Å². The van der Waals surface area contributed by atoms with Crippen LogP contribution in [0.4, 0.5) is 4.39 Å². The van der Waals surface area contributed by atoms with E-state index in [1.165, 1.54) is 6.07 Å². The summed E-state index contributed by atoms with van der Waals surface area (Å²) < 4.78 is 18.5. The summed E-state index contributed by atoms with van der Waals surface area (Å²) in [6.07, 6.45) is 0. The Morgan fingerprint density at radius 1 is 1.53 bits per heavy atom. The highest BCUT2D eigenvalue weighted by atomic mass is 19.1. The SMILES string of the molecule is COCC(C)CNCc1ccc(C#N)cc1F. The number of rotatable bonds is 6. The van der Waals surface area contributed by atoms with Crippen molar-refractivity contribution in [3.63, 3.8) is 0 Å². The number of nitrogens with one attached hydrogen (secondary N) is 1. The van der Waals surface area contributed by atoms with Crippen molar-refractivity contribution in [1.29, 1.82) is 5.26 Å². The molecule has 17 heavy (non-hydrogen) atoms. The molecule has 0 amide bonds. The molecule has 4 heteroatoms. The van der Waals surface area contributed by atoms with Crippen LogP contribution in [-0.4, -0.2) is 20.3 Å². The smallest absolute Gasteiger partial charge is 0.129 e. The molecular weight excluding hydrogens is 219 g/mol. The van der Waals surface area contributed by atoms with Gasteiger partial charge >= 0.3 is 0 Å². The zero-order valence-corrected chi connectivity index (χ0v) is 10.2. The fraction of sp³-hybridized carbons (Fsp3) is 0.462. The van der Waals surface area contributed by atoms with Crippen molar-refractivity contribution in [1.82, 2.24) is 5.32 Å². The van der Waals surface area contributed by atoms with E-state index < -0.39 is 0 Å². The first-order valence-corrected chi connectivity index (χ1v) is 5.55. The minimum atomic E-state index is -0.337. The maximum atomic E-state index is 13.5. The average Bonchev–Trinajstić information content (AvgIpc) is 2.31. The molecule has 1 aromatic rings. The zero-order valence-electron chi connectivity index (χ0n) is 10.2. The normalized spacial score (nSPS) is 12.1. The molecule has 0 bridgehead atoms. The minimum Gasteiger partial charge on any atom is -0.384 e. The van der Waals surface area contributed by atoms with Gasteiger partial charge in [0.1, 0.15) is 5.82 Å². The van der Waals surface area contributed by atoms with Gasteiger partial charge in [0.25, 0.3) is 0 Å². The predicted molar refractivity (Wildman–Crippen MR) is 63.9 cm³/mol. The van der Waals surface area contributed by atoms with Crippen molar-refractivity contribution in [3.05, 3.63) is 35.1 Å². The molecule has 3 nitrogen and oxygen atoms in total. The Kier molecular flexibility index (Phi) is 5.61. The zero-order chi connectivity index (χ0) is 12.7. The van der Waals surface area contributed by atoms with E-state index in [1.54, 1.807) is 19.2 Å². The first-order chi connectivity index (χ1) is 8.17. The molecule has 0 aliphatic rings. The molecule has 0 spiro atoms. The van der Waals surface area contributed by atoms with Crippen LogP contribution in [0.3, 0.4) is 0 Å². The number of nitrogens with zero attached hydrogens (tertiary/aromatic N) is 1. The Labute approximate surface area is 101 Å². The van der Waals surface area contributed by atoms with Crippen LogP contribution in [0.2, 0.25) is 0 Å². The van der Waals surface area contributed by atoms with Crippen LogP contribution in [0.25, 0.3) is 0 Å². The van der Waals surface area contributed by atoms with Gasteiger partial charge < -0.3 is 10.1 Å². The summed E-state index contributed by atoms with van der Waals surface area (Å²) in [4.78, 5) is 0. The lowest BCUT2D eigenvalue weighted by Crippen LogP contribution is -2.23. The van der Waals surface area contributed by atoms with E-state index in [1.807, 2.05) is 6.07 Å². The van der Waals surface area contributed by atoms with E-state index in [-0.39, 0.29) is 5.82 Å². The first-order valence-electron chi connectivity index (χ1n) is 5.55. The molecule has 1 N–H and O–H groups in total. The molecule has 0 heterocycles. The van der Waals surface area contributed by atoms with Gasteiger partial charge in [0, 0.05) is 32.4 Å². The van der Waals surface area contributed by atoms with Gasteiger partial charge in [-0.25, -0.2) is 4.39 Å². The van der Waals surface area contributed by atoms with Crippen molar-refractivity contribution in [2.75, 3.05) is 20.3 Å². The van der Waals surface area contributed by atoms with Crippen molar-refractivity contribution in [3.8, 4) is 6.07 Å². The van der Waals surface area contributed by atoms with Crippen LogP contribution >= 0.6 is 0 Å². The highest BCUT2D eigenvalue weighted by Gasteiger charge is 2.05. The highest BCUT2D eigenvalue weighted by Crippen LogP contribution is 2.09. The second-order valence-corrected chi connectivity index (χ2v) is 4.11. The third kappa shape index (κ3) is 4.51. The molecule has 0 radical (unpaired) electrons. The van der Waals surface area contributed by atoms with Gasteiger partial charge in [0.2, 0.25) is 0 Å². The maximum Gasteiger partial charge on any atom is 0.129 e. The molecule has 0 aliphatic carbocycles. The molecule has 1 unspecified atom stereocenters. The number of nitriles is 1. The monoisotopic (exact) mass is 236 g/mol. The molecule has 1 rings (SSSR count). The quantitative estimate of drug-likeness (QED) is 0.822. The Hall–Kier alpha value is -1.44. The third-order valence-corrected chi connectivity index (χ3v) is 2.44. The second kappa shape index (κ2) is 7.00. The molecule has 0 saturated heterocycles. The maximum absolute atomic E-state index is 13.5. The van der Waals surface area contributed by atoms with Crippen LogP contribution < -0.4 is 5.32 Å². The van der Waals surface area contributed by atoms with Gasteiger partial charge in [-0.1, -0.05) is 13.0 Å². The summed E-state index contributed by atoms with van der Waals surface area (Å²) in [5.41, 5.74) is 0.924. The van der Waals surface area contributed by atoms with E-state index in [0.29, 0.717) is 30.2 Å². The van der Waals surface area contributed by atoms with Gasteiger partial charge in [0.15, 0.2) is 0 Å². The van der Waals surface area contributed by atoms with Crippen LogP contribution in [-0.2, 0) is 11.3 Å². The lowest BCUT2D eigenvalue weighted by molar-refractivity contribution is 0.158. The standard InChI is InChI=1S/C13H17FN2O/c1-10(9-17-2)7-16-8-12-4-3-11(6-15)5-13(12)14/h3-5,10,16H,7-9H2,1-2H3. The Balaban J connectivity index is 2.45. The number of halogens is 1. The van der Waals surface area contributed by atoms with Crippen molar-refractivity contribution < 1.29 is 9.13 Å². The number of ether oxygens (including phenoxy) is 1. The lowest BCUT2D eigenvalue weighted by atomic mass is 10.1. The van der Waals surface area contributed by atoms with Crippen LogP contribution in [0.1, 0.15) is 18.1 Å². The number of hydrogen-bond acceptors (Lipinski definition) is 3. The molecular formula is C13H17FN2O. The molecule has 0 fully saturated rings. The van der Waals surface area contributed by atoms with Gasteiger partial charge in [-0.2, -0.15) is 5.26 Å². The lowest BCUT2D eigenvalue weighted by Gasteiger charge is -2.11. The van der Waals surface area contributed by atoms with E-state index in [2.05, 4.69) is 12.2 Å². The summed E-state index contributed by atoms with van der Waals surface area (Å²) in [5, 5.41) is 11.8. The summed E-state index contributed by atoms with van der Waals surface area (Å²) in [6, 6.07) is 6.43. The molecule has 0 aliphatic heterocycles. The number of methoxy groups -OCH3 is 1. The summed E-state index contributed by atoms with van der Waals surface area (Å²) in [6.45, 7) is 3.98. The van der Waals surface area contributed by atoms with Gasteiger partial charge in [0.05, 0.1) is 11.6 Å². The van der Waals surface area contributed by atoms with E-state index in [4.69, 9.17) is 10.00 Å². The summed E-state index contributed by atoms with van der Waals surface area (Å²) >= 11 is 0. The fourth-order valence-electron chi connectivity index (χ4n) is 1.56. The molecule has 92 valence electrons. The van der Waals surface area contributed by atoms with Gasteiger partial charge in [-0.15, -0.1) is 0 Å². The van der Waals surface area contributed by atoms with Gasteiger partial charge in [-0.3, -0.25) is 0 Å². The second-order valence-electron chi connectivity index (χ2n) is 4.11. The van der Waals surface area contributed by atoms with Crippen LogP contribution in [0.5, 0.6) is 0 Å². The average molecular weight is 236 g/mol.